The van der Waals surface area contributed by atoms with Crippen LogP contribution in [0.5, 0.6) is 5.75 Å². The number of halogens is 2. The topological polar surface area (TPSA) is 96.5 Å². The number of amides is 3. The van der Waals surface area contributed by atoms with Crippen LogP contribution in [0, 0.1) is 17.6 Å². The molecule has 0 saturated heterocycles. The summed E-state index contributed by atoms with van der Waals surface area (Å²) in [5.41, 5.74) is 0.502. The van der Waals surface area contributed by atoms with E-state index in [9.17, 15) is 23.2 Å². The number of rotatable bonds is 8. The second-order valence-electron chi connectivity index (χ2n) is 8.04. The molecule has 0 aliphatic rings. The molecule has 0 bridgehead atoms. The summed E-state index contributed by atoms with van der Waals surface area (Å²) >= 11 is 0. The molecule has 0 radical (unpaired) electrons. The van der Waals surface area contributed by atoms with E-state index in [4.69, 9.17) is 4.74 Å². The maximum Gasteiger partial charge on any atom is 0.255 e. The number of hydrogen-bond donors (Lipinski definition) is 3. The van der Waals surface area contributed by atoms with Crippen LogP contribution in [0.4, 0.5) is 20.2 Å². The van der Waals surface area contributed by atoms with Gasteiger partial charge in [0, 0.05) is 11.3 Å². The van der Waals surface area contributed by atoms with Crippen molar-refractivity contribution in [3.05, 3.63) is 89.5 Å². The molecule has 182 valence electrons. The van der Waals surface area contributed by atoms with Crippen LogP contribution in [0.1, 0.15) is 34.6 Å². The lowest BCUT2D eigenvalue weighted by Crippen LogP contribution is -2.47. The Balaban J connectivity index is 1.77. The zero-order valence-electron chi connectivity index (χ0n) is 19.4. The van der Waals surface area contributed by atoms with E-state index in [1.54, 1.807) is 26.0 Å². The molecule has 0 aliphatic heterocycles. The molecule has 7 nitrogen and oxygen atoms in total. The molecule has 3 aromatic rings. The normalized spacial score (nSPS) is 11.5. The SMILES string of the molecule is COc1ccc(NC(=O)C(NC(=O)c2ccccc2F)C(C)C)cc1NC(=O)c1cccc(F)c1. The van der Waals surface area contributed by atoms with Crippen LogP contribution in [-0.2, 0) is 4.79 Å². The van der Waals surface area contributed by atoms with Crippen molar-refractivity contribution in [1.29, 1.82) is 0 Å². The number of carbonyl (C=O) groups is 3. The van der Waals surface area contributed by atoms with Gasteiger partial charge in [-0.1, -0.05) is 32.0 Å². The minimum absolute atomic E-state index is 0.109. The first-order valence-corrected chi connectivity index (χ1v) is 10.8. The molecular formula is C26H25F2N3O4. The zero-order chi connectivity index (χ0) is 25.5. The highest BCUT2D eigenvalue weighted by Gasteiger charge is 2.26. The second kappa shape index (κ2) is 11.2. The van der Waals surface area contributed by atoms with Gasteiger partial charge >= 0.3 is 0 Å². The first-order valence-electron chi connectivity index (χ1n) is 10.8. The predicted octanol–water partition coefficient (Wildman–Crippen LogP) is 4.62. The molecule has 35 heavy (non-hydrogen) atoms. The first-order chi connectivity index (χ1) is 16.7. The average Bonchev–Trinajstić information content (AvgIpc) is 2.82. The Kier molecular flexibility index (Phi) is 8.14. The molecule has 3 rings (SSSR count). The molecular weight excluding hydrogens is 456 g/mol. The number of methoxy groups -OCH3 is 1. The van der Waals surface area contributed by atoms with Crippen molar-refractivity contribution in [1.82, 2.24) is 5.32 Å². The molecule has 0 saturated carbocycles. The standard InChI is InChI=1S/C26H25F2N3O4/c1-15(2)23(31-25(33)19-9-4-5-10-20(19)28)26(34)29-18-11-12-22(35-3)21(14-18)30-24(32)16-7-6-8-17(27)13-16/h4-15,23H,1-3H3,(H,29,34)(H,30,32)(H,31,33). The van der Waals surface area contributed by atoms with Gasteiger partial charge in [0.15, 0.2) is 0 Å². The van der Waals surface area contributed by atoms with Crippen molar-refractivity contribution in [3.8, 4) is 5.75 Å². The summed E-state index contributed by atoms with van der Waals surface area (Å²) in [6, 6.07) is 14.3. The average molecular weight is 481 g/mol. The number of carbonyl (C=O) groups excluding carboxylic acids is 3. The summed E-state index contributed by atoms with van der Waals surface area (Å²) in [5.74, 6) is -3.04. The van der Waals surface area contributed by atoms with Crippen molar-refractivity contribution in [2.24, 2.45) is 5.92 Å². The Morgan fingerprint density at radius 2 is 1.60 bits per heavy atom. The largest absolute Gasteiger partial charge is 0.495 e. The molecule has 3 aromatic carbocycles. The van der Waals surface area contributed by atoms with Crippen molar-refractivity contribution < 1.29 is 27.9 Å². The molecule has 0 fully saturated rings. The van der Waals surface area contributed by atoms with Gasteiger partial charge in [0.05, 0.1) is 18.4 Å². The Morgan fingerprint density at radius 3 is 2.26 bits per heavy atom. The highest BCUT2D eigenvalue weighted by atomic mass is 19.1. The van der Waals surface area contributed by atoms with Gasteiger partial charge < -0.3 is 20.7 Å². The molecule has 0 spiro atoms. The summed E-state index contributed by atoms with van der Waals surface area (Å²) in [6.07, 6.45) is 0. The van der Waals surface area contributed by atoms with E-state index in [1.807, 2.05) is 0 Å². The van der Waals surface area contributed by atoms with E-state index in [1.165, 1.54) is 49.6 Å². The van der Waals surface area contributed by atoms with Gasteiger partial charge in [-0.05, 0) is 54.4 Å². The highest BCUT2D eigenvalue weighted by Crippen LogP contribution is 2.28. The van der Waals surface area contributed by atoms with E-state index in [0.717, 1.165) is 12.1 Å². The Morgan fingerprint density at radius 1 is 0.857 bits per heavy atom. The van der Waals surface area contributed by atoms with Crippen LogP contribution in [0.25, 0.3) is 0 Å². The highest BCUT2D eigenvalue weighted by molar-refractivity contribution is 6.06. The van der Waals surface area contributed by atoms with Crippen molar-refractivity contribution in [2.45, 2.75) is 19.9 Å². The fourth-order valence-electron chi connectivity index (χ4n) is 3.33. The molecule has 3 amide bonds. The van der Waals surface area contributed by atoms with Crippen LogP contribution < -0.4 is 20.7 Å². The maximum absolute atomic E-state index is 14.0. The number of ether oxygens (including phenoxy) is 1. The third-order valence-electron chi connectivity index (χ3n) is 5.16. The molecule has 0 aliphatic carbocycles. The van der Waals surface area contributed by atoms with Crippen molar-refractivity contribution in [2.75, 3.05) is 17.7 Å². The molecule has 9 heteroatoms. The van der Waals surface area contributed by atoms with Gasteiger partial charge in [-0.15, -0.1) is 0 Å². The minimum atomic E-state index is -0.963. The number of benzene rings is 3. The Hall–Kier alpha value is -4.27. The second-order valence-corrected chi connectivity index (χ2v) is 8.04. The summed E-state index contributed by atoms with van der Waals surface area (Å²) in [7, 11) is 1.42. The number of hydrogen-bond acceptors (Lipinski definition) is 4. The van der Waals surface area contributed by atoms with Crippen molar-refractivity contribution in [3.63, 3.8) is 0 Å². The van der Waals surface area contributed by atoms with E-state index in [-0.39, 0.29) is 22.7 Å². The fraction of sp³-hybridized carbons (Fsp3) is 0.192. The predicted molar refractivity (Wildman–Crippen MR) is 128 cm³/mol. The lowest BCUT2D eigenvalue weighted by Gasteiger charge is -2.22. The monoisotopic (exact) mass is 481 g/mol. The summed E-state index contributed by atoms with van der Waals surface area (Å²) in [4.78, 5) is 38.1. The first kappa shape index (κ1) is 25.4. The van der Waals surface area contributed by atoms with Gasteiger partial charge in [0.25, 0.3) is 11.8 Å². The lowest BCUT2D eigenvalue weighted by atomic mass is 10.0. The van der Waals surface area contributed by atoms with Gasteiger partial charge in [-0.3, -0.25) is 14.4 Å². The summed E-state index contributed by atoms with van der Waals surface area (Å²) in [6.45, 7) is 3.48. The number of nitrogens with one attached hydrogen (secondary N) is 3. The Bertz CT molecular complexity index is 1250. The van der Waals surface area contributed by atoms with E-state index >= 15 is 0 Å². The smallest absolute Gasteiger partial charge is 0.255 e. The quantitative estimate of drug-likeness (QED) is 0.438. The summed E-state index contributed by atoms with van der Waals surface area (Å²) < 4.78 is 32.7. The lowest BCUT2D eigenvalue weighted by molar-refractivity contribution is -0.118. The third kappa shape index (κ3) is 6.41. The van der Waals surface area contributed by atoms with E-state index < -0.39 is 35.4 Å². The van der Waals surface area contributed by atoms with E-state index in [0.29, 0.717) is 11.4 Å². The van der Waals surface area contributed by atoms with Crippen LogP contribution in [0.15, 0.2) is 66.7 Å². The summed E-state index contributed by atoms with van der Waals surface area (Å²) in [5, 5.41) is 7.90. The van der Waals surface area contributed by atoms with Gasteiger partial charge in [0.1, 0.15) is 23.4 Å². The van der Waals surface area contributed by atoms with Crippen molar-refractivity contribution >= 4 is 29.1 Å². The maximum atomic E-state index is 14.0. The van der Waals surface area contributed by atoms with Gasteiger partial charge in [-0.2, -0.15) is 0 Å². The zero-order valence-corrected chi connectivity index (χ0v) is 19.4. The van der Waals surface area contributed by atoms with Gasteiger partial charge in [-0.25, -0.2) is 8.78 Å². The molecule has 1 unspecified atom stereocenters. The van der Waals surface area contributed by atoms with Crippen LogP contribution >= 0.6 is 0 Å². The molecule has 3 N–H and O–H groups in total. The fourth-order valence-corrected chi connectivity index (χ4v) is 3.33. The van der Waals surface area contributed by atoms with Gasteiger partial charge in [0.2, 0.25) is 5.91 Å². The third-order valence-corrected chi connectivity index (χ3v) is 5.16. The van der Waals surface area contributed by atoms with Crippen LogP contribution in [0.2, 0.25) is 0 Å². The Labute approximate surface area is 201 Å². The van der Waals surface area contributed by atoms with Crippen LogP contribution in [0.3, 0.4) is 0 Å². The van der Waals surface area contributed by atoms with E-state index in [2.05, 4.69) is 16.0 Å². The molecule has 1 atom stereocenters. The number of anilines is 2. The van der Waals surface area contributed by atoms with Crippen LogP contribution in [-0.4, -0.2) is 30.9 Å². The molecule has 0 aromatic heterocycles. The molecule has 0 heterocycles. The minimum Gasteiger partial charge on any atom is -0.495 e.